The zero-order valence-corrected chi connectivity index (χ0v) is 16.3. The number of amides is 1. The topological polar surface area (TPSA) is 78.7 Å². The third-order valence-electron chi connectivity index (χ3n) is 4.83. The Morgan fingerprint density at radius 3 is 2.39 bits per heavy atom. The summed E-state index contributed by atoms with van der Waals surface area (Å²) in [5.41, 5.74) is 2.26. The average molecular weight is 382 g/mol. The molecule has 1 heterocycles. The van der Waals surface area contributed by atoms with Crippen LogP contribution >= 0.6 is 0 Å². The molecular weight excluding hydrogens is 356 g/mol. The van der Waals surface area contributed by atoms with Gasteiger partial charge < -0.3 is 15.1 Å². The minimum atomic E-state index is -0.358. The molecule has 2 aromatic rings. The van der Waals surface area contributed by atoms with Crippen LogP contribution in [0.15, 0.2) is 48.5 Å². The number of piperazine rings is 1. The Hall–Kier alpha value is -3.09. The van der Waals surface area contributed by atoms with Gasteiger partial charge in [0.05, 0.1) is 4.92 Å². The van der Waals surface area contributed by atoms with E-state index in [9.17, 15) is 14.9 Å². The minimum absolute atomic E-state index is 0.0447. The van der Waals surface area contributed by atoms with Crippen molar-refractivity contribution in [2.45, 2.75) is 13.8 Å². The molecule has 0 radical (unpaired) electrons. The Balaban J connectivity index is 1.69. The maximum absolute atomic E-state index is 12.6. The zero-order chi connectivity index (χ0) is 20.1. The van der Waals surface area contributed by atoms with E-state index in [1.165, 1.54) is 0 Å². The molecule has 1 aliphatic heterocycles. The van der Waals surface area contributed by atoms with Crippen LogP contribution < -0.4 is 10.2 Å². The molecule has 1 saturated heterocycles. The van der Waals surface area contributed by atoms with Crippen molar-refractivity contribution in [2.24, 2.45) is 5.92 Å². The van der Waals surface area contributed by atoms with Crippen LogP contribution in [0.3, 0.4) is 0 Å². The molecule has 7 heteroatoms. The molecule has 0 bridgehead atoms. The second-order valence-corrected chi connectivity index (χ2v) is 7.38. The lowest BCUT2D eigenvalue weighted by atomic mass is 10.1. The predicted octanol–water partition coefficient (Wildman–Crippen LogP) is 3.63. The summed E-state index contributed by atoms with van der Waals surface area (Å²) in [5, 5.41) is 14.5. The number of rotatable bonds is 6. The molecule has 0 aromatic heterocycles. The van der Waals surface area contributed by atoms with Crippen molar-refractivity contribution in [2.75, 3.05) is 42.9 Å². The molecule has 0 spiro atoms. The van der Waals surface area contributed by atoms with Gasteiger partial charge in [-0.3, -0.25) is 14.9 Å². The fraction of sp³-hybridized carbons (Fsp3) is 0.381. The summed E-state index contributed by atoms with van der Waals surface area (Å²) in [7, 11) is 0. The summed E-state index contributed by atoms with van der Waals surface area (Å²) in [6.07, 6.45) is 0. The van der Waals surface area contributed by atoms with E-state index in [0.717, 1.165) is 5.69 Å². The van der Waals surface area contributed by atoms with Gasteiger partial charge in [-0.05, 0) is 30.2 Å². The van der Waals surface area contributed by atoms with E-state index >= 15 is 0 Å². The maximum atomic E-state index is 12.6. The fourth-order valence-electron chi connectivity index (χ4n) is 3.27. The lowest BCUT2D eigenvalue weighted by Crippen LogP contribution is -2.48. The van der Waals surface area contributed by atoms with Crippen molar-refractivity contribution in [3.63, 3.8) is 0 Å². The molecular formula is C21H26N4O3. The van der Waals surface area contributed by atoms with Crippen LogP contribution in [0.4, 0.5) is 17.1 Å². The van der Waals surface area contributed by atoms with Crippen molar-refractivity contribution in [3.05, 3.63) is 64.2 Å². The summed E-state index contributed by atoms with van der Waals surface area (Å²) >= 11 is 0. The molecule has 0 saturated carbocycles. The van der Waals surface area contributed by atoms with Gasteiger partial charge >= 0.3 is 0 Å². The van der Waals surface area contributed by atoms with Crippen LogP contribution in [-0.4, -0.2) is 48.5 Å². The molecule has 0 atom stereocenters. The number of nitrogens with zero attached hydrogens (tertiary/aromatic N) is 3. The molecule has 2 aromatic carbocycles. The largest absolute Gasteiger partial charge is 0.379 e. The van der Waals surface area contributed by atoms with Gasteiger partial charge in [0.15, 0.2) is 0 Å². The van der Waals surface area contributed by atoms with Crippen molar-refractivity contribution in [1.82, 2.24) is 4.90 Å². The van der Waals surface area contributed by atoms with E-state index < -0.39 is 0 Å². The van der Waals surface area contributed by atoms with Gasteiger partial charge in [-0.1, -0.05) is 32.0 Å². The van der Waals surface area contributed by atoms with E-state index in [4.69, 9.17) is 0 Å². The van der Waals surface area contributed by atoms with Crippen LogP contribution in [0.5, 0.6) is 0 Å². The van der Waals surface area contributed by atoms with E-state index in [-0.39, 0.29) is 16.5 Å². The Bertz CT molecular complexity index is 831. The van der Waals surface area contributed by atoms with Gasteiger partial charge in [-0.15, -0.1) is 0 Å². The molecule has 3 rings (SSSR count). The number of benzene rings is 2. The molecule has 1 aliphatic rings. The summed E-state index contributed by atoms with van der Waals surface area (Å²) in [5.74, 6) is 0.430. The number of carbonyl (C=O) groups excluding carboxylic acids is 1. The summed E-state index contributed by atoms with van der Waals surface area (Å²) in [6.45, 7) is 7.43. The van der Waals surface area contributed by atoms with Crippen molar-refractivity contribution < 1.29 is 9.72 Å². The monoisotopic (exact) mass is 382 g/mol. The number of carbonyl (C=O) groups is 1. The SMILES string of the molecule is CC(C)CNc1cc(N2CCN(C(=O)c3ccccc3)CC2)ccc1[N+](=O)[O-]. The van der Waals surface area contributed by atoms with E-state index in [2.05, 4.69) is 24.1 Å². The molecule has 7 nitrogen and oxygen atoms in total. The number of nitro benzene ring substituents is 1. The first-order chi connectivity index (χ1) is 13.5. The molecule has 1 amide bonds. The van der Waals surface area contributed by atoms with Gasteiger partial charge in [-0.2, -0.15) is 0 Å². The molecule has 148 valence electrons. The number of hydrogen-bond acceptors (Lipinski definition) is 5. The smallest absolute Gasteiger partial charge is 0.292 e. The van der Waals surface area contributed by atoms with E-state index in [1.807, 2.05) is 41.3 Å². The lowest BCUT2D eigenvalue weighted by molar-refractivity contribution is -0.383. The van der Waals surface area contributed by atoms with E-state index in [0.29, 0.717) is 49.9 Å². The van der Waals surface area contributed by atoms with Gasteiger partial charge in [0.25, 0.3) is 11.6 Å². The Labute approximate surface area is 165 Å². The molecule has 28 heavy (non-hydrogen) atoms. The van der Waals surface area contributed by atoms with Crippen LogP contribution in [0.1, 0.15) is 24.2 Å². The highest BCUT2D eigenvalue weighted by Crippen LogP contribution is 2.30. The van der Waals surface area contributed by atoms with E-state index in [1.54, 1.807) is 12.1 Å². The quantitative estimate of drug-likeness (QED) is 0.610. The van der Waals surface area contributed by atoms with Crippen molar-refractivity contribution >= 4 is 23.0 Å². The number of nitro groups is 1. The maximum Gasteiger partial charge on any atom is 0.292 e. The second kappa shape index (κ2) is 8.73. The second-order valence-electron chi connectivity index (χ2n) is 7.38. The summed E-state index contributed by atoms with van der Waals surface area (Å²) in [4.78, 5) is 27.6. The number of anilines is 2. The molecule has 1 N–H and O–H groups in total. The normalized spacial score (nSPS) is 14.2. The van der Waals surface area contributed by atoms with Crippen LogP contribution in [0.25, 0.3) is 0 Å². The summed E-state index contributed by atoms with van der Waals surface area (Å²) < 4.78 is 0. The fourth-order valence-corrected chi connectivity index (χ4v) is 3.27. The zero-order valence-electron chi connectivity index (χ0n) is 16.3. The third-order valence-corrected chi connectivity index (χ3v) is 4.83. The van der Waals surface area contributed by atoms with Gasteiger partial charge in [0.2, 0.25) is 0 Å². The van der Waals surface area contributed by atoms with Gasteiger partial charge in [0, 0.05) is 50.0 Å². The Kier molecular flexibility index (Phi) is 6.13. The third kappa shape index (κ3) is 4.60. The lowest BCUT2D eigenvalue weighted by Gasteiger charge is -2.36. The molecule has 0 unspecified atom stereocenters. The van der Waals surface area contributed by atoms with Crippen LogP contribution in [0, 0.1) is 16.0 Å². The van der Waals surface area contributed by atoms with Crippen molar-refractivity contribution in [1.29, 1.82) is 0 Å². The average Bonchev–Trinajstić information content (AvgIpc) is 2.72. The first-order valence-electron chi connectivity index (χ1n) is 9.57. The first kappa shape index (κ1) is 19.7. The standard InChI is InChI=1S/C21H26N4O3/c1-16(2)15-22-19-14-18(8-9-20(19)25(27)28)23-10-12-24(13-11-23)21(26)17-6-4-3-5-7-17/h3-9,14,16,22H,10-13,15H2,1-2H3. The predicted molar refractivity (Wildman–Crippen MR) is 111 cm³/mol. The Morgan fingerprint density at radius 1 is 1.11 bits per heavy atom. The molecule has 0 aliphatic carbocycles. The van der Waals surface area contributed by atoms with Crippen LogP contribution in [-0.2, 0) is 0 Å². The highest BCUT2D eigenvalue weighted by atomic mass is 16.6. The number of nitrogens with one attached hydrogen (secondary N) is 1. The number of hydrogen-bond donors (Lipinski definition) is 1. The van der Waals surface area contributed by atoms with Crippen LogP contribution in [0.2, 0.25) is 0 Å². The highest BCUT2D eigenvalue weighted by molar-refractivity contribution is 5.94. The highest BCUT2D eigenvalue weighted by Gasteiger charge is 2.23. The first-order valence-corrected chi connectivity index (χ1v) is 9.57. The molecule has 1 fully saturated rings. The van der Waals surface area contributed by atoms with Gasteiger partial charge in [-0.25, -0.2) is 0 Å². The minimum Gasteiger partial charge on any atom is -0.379 e. The summed E-state index contributed by atoms with van der Waals surface area (Å²) in [6, 6.07) is 14.5. The van der Waals surface area contributed by atoms with Crippen molar-refractivity contribution in [3.8, 4) is 0 Å². The Morgan fingerprint density at radius 2 is 1.79 bits per heavy atom. The van der Waals surface area contributed by atoms with Gasteiger partial charge in [0.1, 0.15) is 5.69 Å².